The summed E-state index contributed by atoms with van der Waals surface area (Å²) >= 11 is 23.9. The number of halogens is 4. The maximum atomic E-state index is 12.5. The summed E-state index contributed by atoms with van der Waals surface area (Å²) in [5.74, 6) is -3.10. The molecule has 0 saturated heterocycles. The second-order valence-corrected chi connectivity index (χ2v) is 7.85. The number of carbonyl (C=O) groups is 3. The molecule has 0 atom stereocenters. The van der Waals surface area contributed by atoms with Crippen LogP contribution in [0.15, 0.2) is 0 Å². The van der Waals surface area contributed by atoms with Gasteiger partial charge in [-0.2, -0.15) is 0 Å². The van der Waals surface area contributed by atoms with E-state index in [4.69, 9.17) is 51.2 Å². The Morgan fingerprint density at radius 1 is 0.800 bits per heavy atom. The van der Waals surface area contributed by atoms with E-state index in [1.165, 1.54) is 0 Å². The predicted molar refractivity (Wildman–Crippen MR) is 96.2 cm³/mol. The van der Waals surface area contributed by atoms with E-state index < -0.39 is 23.7 Å². The van der Waals surface area contributed by atoms with Gasteiger partial charge in [-0.15, -0.1) is 0 Å². The van der Waals surface area contributed by atoms with Crippen LogP contribution in [0.4, 0.5) is 0 Å². The van der Waals surface area contributed by atoms with Crippen LogP contribution in [0.2, 0.25) is 20.1 Å². The molecule has 0 aliphatic carbocycles. The van der Waals surface area contributed by atoms with Crippen LogP contribution in [-0.4, -0.2) is 22.8 Å². The van der Waals surface area contributed by atoms with Gasteiger partial charge in [0.25, 0.3) is 11.8 Å². The standard InChI is InChI=1S/C16H15Cl4NO4/c1-5(2)7(6(3)4)16(24)25-21-14(22)8-9(15(21)23)11(18)13(20)12(19)10(8)17/h5-7H,1-4H3. The zero-order chi connectivity index (χ0) is 19.2. The van der Waals surface area contributed by atoms with Gasteiger partial charge in [0.05, 0.1) is 37.1 Å². The van der Waals surface area contributed by atoms with Crippen molar-refractivity contribution < 1.29 is 19.2 Å². The van der Waals surface area contributed by atoms with E-state index in [0.717, 1.165) is 0 Å². The molecular weight excluding hydrogens is 412 g/mol. The number of fused-ring (bicyclic) bond motifs is 1. The largest absolute Gasteiger partial charge is 0.336 e. The Morgan fingerprint density at radius 3 is 1.48 bits per heavy atom. The van der Waals surface area contributed by atoms with Gasteiger partial charge in [-0.05, 0) is 11.8 Å². The molecule has 9 heteroatoms. The summed E-state index contributed by atoms with van der Waals surface area (Å²) in [6.07, 6.45) is 0. The van der Waals surface area contributed by atoms with Crippen LogP contribution in [-0.2, 0) is 9.63 Å². The molecule has 2 amide bonds. The van der Waals surface area contributed by atoms with E-state index in [1.54, 1.807) is 0 Å². The summed E-state index contributed by atoms with van der Waals surface area (Å²) in [5, 5.41) is -0.374. The monoisotopic (exact) mass is 425 g/mol. The van der Waals surface area contributed by atoms with E-state index in [9.17, 15) is 14.4 Å². The maximum Gasteiger partial charge on any atom is 0.336 e. The highest BCUT2D eigenvalue weighted by Crippen LogP contribution is 2.45. The number of imide groups is 1. The van der Waals surface area contributed by atoms with Crippen molar-refractivity contribution in [3.05, 3.63) is 31.2 Å². The highest BCUT2D eigenvalue weighted by atomic mass is 35.5. The number of hydrogen-bond donors (Lipinski definition) is 0. The Bertz CT molecular complexity index is 721. The molecule has 25 heavy (non-hydrogen) atoms. The summed E-state index contributed by atoms with van der Waals surface area (Å²) in [5.41, 5.74) is -0.464. The summed E-state index contributed by atoms with van der Waals surface area (Å²) in [6.45, 7) is 7.40. The van der Waals surface area contributed by atoms with E-state index in [1.807, 2.05) is 27.7 Å². The molecule has 0 unspecified atom stereocenters. The molecule has 2 rings (SSSR count). The number of amides is 2. The smallest absolute Gasteiger partial charge is 0.329 e. The van der Waals surface area contributed by atoms with Crippen molar-refractivity contribution in [1.82, 2.24) is 5.06 Å². The molecule has 136 valence electrons. The molecular formula is C16H15Cl4NO4. The lowest BCUT2D eigenvalue weighted by atomic mass is 9.86. The fourth-order valence-electron chi connectivity index (χ4n) is 2.88. The lowest BCUT2D eigenvalue weighted by Gasteiger charge is -2.24. The molecule has 1 aromatic rings. The molecule has 0 fully saturated rings. The first-order valence-electron chi connectivity index (χ1n) is 7.47. The van der Waals surface area contributed by atoms with Crippen LogP contribution < -0.4 is 0 Å². The first kappa shape index (κ1) is 20.3. The Labute approximate surface area is 165 Å². The zero-order valence-electron chi connectivity index (χ0n) is 13.8. The van der Waals surface area contributed by atoms with E-state index in [0.29, 0.717) is 5.06 Å². The average Bonchev–Trinajstić information content (AvgIpc) is 2.74. The zero-order valence-corrected chi connectivity index (χ0v) is 16.8. The summed E-state index contributed by atoms with van der Waals surface area (Å²) in [6, 6.07) is 0. The molecule has 1 aromatic carbocycles. The summed E-state index contributed by atoms with van der Waals surface area (Å²) in [7, 11) is 0. The van der Waals surface area contributed by atoms with Crippen molar-refractivity contribution in [2.24, 2.45) is 17.8 Å². The van der Waals surface area contributed by atoms with E-state index in [-0.39, 0.29) is 43.1 Å². The van der Waals surface area contributed by atoms with Crippen LogP contribution in [0.3, 0.4) is 0 Å². The fraction of sp³-hybridized carbons (Fsp3) is 0.438. The van der Waals surface area contributed by atoms with Crippen molar-refractivity contribution in [2.45, 2.75) is 27.7 Å². The molecule has 1 heterocycles. The third kappa shape index (κ3) is 3.35. The molecule has 1 aliphatic heterocycles. The maximum absolute atomic E-state index is 12.5. The first-order chi connectivity index (χ1) is 11.5. The Hall–Kier alpha value is -1.01. The first-order valence-corrected chi connectivity index (χ1v) is 8.98. The minimum Gasteiger partial charge on any atom is -0.329 e. The lowest BCUT2D eigenvalue weighted by Crippen LogP contribution is -2.38. The highest BCUT2D eigenvalue weighted by Gasteiger charge is 2.45. The number of hydrogen-bond acceptors (Lipinski definition) is 4. The number of carbonyl (C=O) groups excluding carboxylic acids is 3. The van der Waals surface area contributed by atoms with Crippen molar-refractivity contribution in [2.75, 3.05) is 0 Å². The van der Waals surface area contributed by atoms with Crippen LogP contribution in [0.5, 0.6) is 0 Å². The Kier molecular flexibility index (Phi) is 5.94. The van der Waals surface area contributed by atoms with Gasteiger partial charge in [0.2, 0.25) is 0 Å². The number of rotatable bonds is 4. The summed E-state index contributed by atoms with van der Waals surface area (Å²) in [4.78, 5) is 42.6. The average molecular weight is 427 g/mol. The van der Waals surface area contributed by atoms with E-state index >= 15 is 0 Å². The molecule has 0 saturated carbocycles. The molecule has 0 bridgehead atoms. The molecule has 0 spiro atoms. The van der Waals surface area contributed by atoms with Gasteiger partial charge in [0.1, 0.15) is 0 Å². The molecule has 0 N–H and O–H groups in total. The van der Waals surface area contributed by atoms with Gasteiger partial charge < -0.3 is 4.84 Å². The minimum atomic E-state index is -0.912. The molecule has 1 aliphatic rings. The van der Waals surface area contributed by atoms with Gasteiger partial charge in [-0.25, -0.2) is 4.79 Å². The van der Waals surface area contributed by atoms with Gasteiger partial charge in [-0.1, -0.05) is 79.2 Å². The van der Waals surface area contributed by atoms with Crippen molar-refractivity contribution >= 4 is 64.2 Å². The number of nitrogens with zero attached hydrogens (tertiary/aromatic N) is 1. The quantitative estimate of drug-likeness (QED) is 0.373. The van der Waals surface area contributed by atoms with Gasteiger partial charge in [0, 0.05) is 0 Å². The van der Waals surface area contributed by atoms with E-state index in [2.05, 4.69) is 0 Å². The predicted octanol–water partition coefficient (Wildman–Crippen LogP) is 5.28. The van der Waals surface area contributed by atoms with Crippen LogP contribution in [0.1, 0.15) is 48.4 Å². The van der Waals surface area contributed by atoms with Crippen molar-refractivity contribution in [3.63, 3.8) is 0 Å². The topological polar surface area (TPSA) is 63.7 Å². The minimum absolute atomic E-state index is 0.0428. The molecule has 0 aromatic heterocycles. The van der Waals surface area contributed by atoms with Crippen LogP contribution in [0.25, 0.3) is 0 Å². The van der Waals surface area contributed by atoms with Gasteiger partial charge in [-0.3, -0.25) is 9.59 Å². The lowest BCUT2D eigenvalue weighted by molar-refractivity contribution is -0.177. The van der Waals surface area contributed by atoms with Gasteiger partial charge in [0.15, 0.2) is 0 Å². The van der Waals surface area contributed by atoms with Gasteiger partial charge >= 0.3 is 5.97 Å². The van der Waals surface area contributed by atoms with Crippen LogP contribution >= 0.6 is 46.4 Å². The molecule has 0 radical (unpaired) electrons. The second kappa shape index (κ2) is 7.31. The molecule has 5 nitrogen and oxygen atoms in total. The third-order valence-electron chi connectivity index (χ3n) is 3.95. The summed E-state index contributed by atoms with van der Waals surface area (Å²) < 4.78 is 0. The number of hydroxylamine groups is 2. The third-order valence-corrected chi connectivity index (χ3v) is 5.76. The highest BCUT2D eigenvalue weighted by molar-refractivity contribution is 6.55. The fourth-order valence-corrected chi connectivity index (χ4v) is 3.89. The Morgan fingerprint density at radius 2 is 1.16 bits per heavy atom. The second-order valence-electron chi connectivity index (χ2n) is 6.33. The van der Waals surface area contributed by atoms with Crippen molar-refractivity contribution in [1.29, 1.82) is 0 Å². The van der Waals surface area contributed by atoms with Crippen molar-refractivity contribution in [3.8, 4) is 0 Å². The number of benzene rings is 1. The normalized spacial score (nSPS) is 14.1. The van der Waals surface area contributed by atoms with Crippen LogP contribution in [0, 0.1) is 17.8 Å². The Balaban J connectivity index is 2.43. The SMILES string of the molecule is CC(C)C(C(=O)ON1C(=O)c2c(Cl)c(Cl)c(Cl)c(Cl)c2C1=O)C(C)C.